The molecule has 1 unspecified atom stereocenters. The van der Waals surface area contributed by atoms with Gasteiger partial charge in [-0.2, -0.15) is 0 Å². The van der Waals surface area contributed by atoms with Crippen molar-refractivity contribution in [1.82, 2.24) is 0 Å². The predicted octanol–water partition coefficient (Wildman–Crippen LogP) is 3.26. The number of ketones is 1. The molecule has 0 amide bonds. The van der Waals surface area contributed by atoms with Gasteiger partial charge in [0.15, 0.2) is 0 Å². The topological polar surface area (TPSA) is 26.3 Å². The Morgan fingerprint density at radius 1 is 1.28 bits per heavy atom. The standard InChI is InChI=1S/C15H18O2S/c16-14(9-11-5-7-17-8-6-11)13-10-18-15-4-2-1-3-12(13)15/h1-4,11,13H,5-10H2. The lowest BCUT2D eigenvalue weighted by atomic mass is 9.87. The van der Waals surface area contributed by atoms with Crippen LogP contribution in [0.5, 0.6) is 0 Å². The highest BCUT2D eigenvalue weighted by atomic mass is 32.2. The first kappa shape index (κ1) is 12.2. The monoisotopic (exact) mass is 262 g/mol. The van der Waals surface area contributed by atoms with E-state index in [2.05, 4.69) is 18.2 Å². The largest absolute Gasteiger partial charge is 0.381 e. The molecule has 0 spiro atoms. The maximum Gasteiger partial charge on any atom is 0.141 e. The zero-order valence-electron chi connectivity index (χ0n) is 10.4. The summed E-state index contributed by atoms with van der Waals surface area (Å²) < 4.78 is 5.35. The van der Waals surface area contributed by atoms with Crippen molar-refractivity contribution < 1.29 is 9.53 Å². The second-order valence-electron chi connectivity index (χ2n) is 5.13. The van der Waals surface area contributed by atoms with Gasteiger partial charge >= 0.3 is 0 Å². The SMILES string of the molecule is O=C(CC1CCOCC1)C1CSc2ccccc21. The van der Waals surface area contributed by atoms with Crippen LogP contribution in [0.25, 0.3) is 0 Å². The van der Waals surface area contributed by atoms with Gasteiger partial charge in [0.25, 0.3) is 0 Å². The van der Waals surface area contributed by atoms with Crippen molar-refractivity contribution >= 4 is 17.5 Å². The number of hydrogen-bond donors (Lipinski definition) is 0. The van der Waals surface area contributed by atoms with E-state index < -0.39 is 0 Å². The highest BCUT2D eigenvalue weighted by Gasteiger charge is 2.30. The number of hydrogen-bond acceptors (Lipinski definition) is 3. The van der Waals surface area contributed by atoms with Crippen molar-refractivity contribution in [1.29, 1.82) is 0 Å². The third-order valence-corrected chi connectivity index (χ3v) is 5.10. The molecule has 1 saturated heterocycles. The fourth-order valence-corrected chi connectivity index (χ4v) is 4.07. The lowest BCUT2D eigenvalue weighted by Gasteiger charge is -2.22. The van der Waals surface area contributed by atoms with Gasteiger partial charge in [-0.25, -0.2) is 0 Å². The van der Waals surface area contributed by atoms with Crippen molar-refractivity contribution in [3.8, 4) is 0 Å². The van der Waals surface area contributed by atoms with Gasteiger partial charge in [0.2, 0.25) is 0 Å². The molecule has 0 aliphatic carbocycles. The molecule has 18 heavy (non-hydrogen) atoms. The van der Waals surface area contributed by atoms with E-state index in [1.54, 1.807) is 0 Å². The van der Waals surface area contributed by atoms with Crippen LogP contribution in [-0.4, -0.2) is 24.7 Å². The van der Waals surface area contributed by atoms with Crippen LogP contribution in [0, 0.1) is 5.92 Å². The second-order valence-corrected chi connectivity index (χ2v) is 6.19. The molecular weight excluding hydrogens is 244 g/mol. The maximum absolute atomic E-state index is 12.4. The zero-order chi connectivity index (χ0) is 12.4. The Kier molecular flexibility index (Phi) is 3.71. The van der Waals surface area contributed by atoms with Gasteiger partial charge in [0, 0.05) is 30.3 Å². The van der Waals surface area contributed by atoms with Gasteiger partial charge in [-0.15, -0.1) is 11.8 Å². The number of thioether (sulfide) groups is 1. The number of Topliss-reactive ketones (excluding diaryl/α,β-unsaturated/α-hetero) is 1. The van der Waals surface area contributed by atoms with E-state index >= 15 is 0 Å². The van der Waals surface area contributed by atoms with Crippen molar-refractivity contribution in [2.75, 3.05) is 19.0 Å². The molecule has 3 rings (SSSR count). The summed E-state index contributed by atoms with van der Waals surface area (Å²) in [7, 11) is 0. The van der Waals surface area contributed by atoms with Gasteiger partial charge in [-0.3, -0.25) is 4.79 Å². The molecular formula is C15H18O2S. The lowest BCUT2D eigenvalue weighted by Crippen LogP contribution is -2.22. The van der Waals surface area contributed by atoms with E-state index in [0.29, 0.717) is 11.7 Å². The maximum atomic E-state index is 12.4. The van der Waals surface area contributed by atoms with Crippen LogP contribution >= 0.6 is 11.8 Å². The average Bonchev–Trinajstić information content (AvgIpc) is 2.84. The summed E-state index contributed by atoms with van der Waals surface area (Å²) in [6.45, 7) is 1.65. The Labute approximate surface area is 112 Å². The number of benzene rings is 1. The van der Waals surface area contributed by atoms with Crippen molar-refractivity contribution in [3.63, 3.8) is 0 Å². The predicted molar refractivity (Wildman–Crippen MR) is 73.1 cm³/mol. The molecule has 0 N–H and O–H groups in total. The van der Waals surface area contributed by atoms with Crippen molar-refractivity contribution in [2.45, 2.75) is 30.1 Å². The quantitative estimate of drug-likeness (QED) is 0.836. The molecule has 2 aliphatic rings. The number of carbonyl (C=O) groups excluding carboxylic acids is 1. The number of carbonyl (C=O) groups is 1. The van der Waals surface area contributed by atoms with Crippen molar-refractivity contribution in [3.05, 3.63) is 29.8 Å². The molecule has 0 aromatic heterocycles. The molecule has 3 heteroatoms. The fourth-order valence-electron chi connectivity index (χ4n) is 2.81. The number of ether oxygens (including phenoxy) is 1. The van der Waals surface area contributed by atoms with E-state index in [0.717, 1.165) is 38.2 Å². The fraction of sp³-hybridized carbons (Fsp3) is 0.533. The minimum absolute atomic E-state index is 0.133. The summed E-state index contributed by atoms with van der Waals surface area (Å²) >= 11 is 1.82. The molecule has 0 radical (unpaired) electrons. The normalized spacial score (nSPS) is 23.9. The zero-order valence-corrected chi connectivity index (χ0v) is 11.2. The molecule has 2 heterocycles. The summed E-state index contributed by atoms with van der Waals surface area (Å²) in [5.41, 5.74) is 1.25. The van der Waals surface area contributed by atoms with E-state index in [4.69, 9.17) is 4.74 Å². The molecule has 1 fully saturated rings. The van der Waals surface area contributed by atoms with Gasteiger partial charge < -0.3 is 4.74 Å². The summed E-state index contributed by atoms with van der Waals surface area (Å²) in [4.78, 5) is 13.7. The van der Waals surface area contributed by atoms with E-state index in [1.165, 1.54) is 10.5 Å². The van der Waals surface area contributed by atoms with Crippen molar-refractivity contribution in [2.24, 2.45) is 5.92 Å². The minimum Gasteiger partial charge on any atom is -0.381 e. The third-order valence-electron chi connectivity index (χ3n) is 3.92. The van der Waals surface area contributed by atoms with E-state index in [1.807, 2.05) is 17.8 Å². The van der Waals surface area contributed by atoms with Crippen LogP contribution in [0.1, 0.15) is 30.7 Å². The summed E-state index contributed by atoms with van der Waals surface area (Å²) in [6.07, 6.45) is 2.84. The Morgan fingerprint density at radius 3 is 2.89 bits per heavy atom. The third kappa shape index (κ3) is 2.47. The highest BCUT2D eigenvalue weighted by Crippen LogP contribution is 2.40. The van der Waals surface area contributed by atoms with Crippen LogP contribution < -0.4 is 0 Å². The molecule has 1 atom stereocenters. The van der Waals surface area contributed by atoms with E-state index in [9.17, 15) is 4.79 Å². The Morgan fingerprint density at radius 2 is 2.06 bits per heavy atom. The summed E-state index contributed by atoms with van der Waals surface area (Å²) in [6, 6.07) is 8.33. The minimum atomic E-state index is 0.133. The molecule has 96 valence electrons. The molecule has 2 nitrogen and oxygen atoms in total. The summed E-state index contributed by atoms with van der Waals surface area (Å²) in [5.74, 6) is 2.04. The first-order valence-electron chi connectivity index (χ1n) is 6.67. The Hall–Kier alpha value is -0.800. The van der Waals surface area contributed by atoms with Crippen LogP contribution in [-0.2, 0) is 9.53 Å². The van der Waals surface area contributed by atoms with Gasteiger partial charge in [-0.05, 0) is 30.4 Å². The van der Waals surface area contributed by atoms with Gasteiger partial charge in [0.1, 0.15) is 5.78 Å². The first-order chi connectivity index (χ1) is 8.84. The number of fused-ring (bicyclic) bond motifs is 1. The molecule has 2 aliphatic heterocycles. The van der Waals surface area contributed by atoms with Crippen LogP contribution in [0.2, 0.25) is 0 Å². The van der Waals surface area contributed by atoms with Crippen LogP contribution in [0.4, 0.5) is 0 Å². The average molecular weight is 262 g/mol. The highest BCUT2D eigenvalue weighted by molar-refractivity contribution is 7.99. The molecule has 1 aromatic rings. The Balaban J connectivity index is 1.67. The molecule has 1 aromatic carbocycles. The summed E-state index contributed by atoms with van der Waals surface area (Å²) in [5, 5.41) is 0. The van der Waals surface area contributed by atoms with E-state index in [-0.39, 0.29) is 5.92 Å². The van der Waals surface area contributed by atoms with Crippen LogP contribution in [0.15, 0.2) is 29.2 Å². The van der Waals surface area contributed by atoms with Gasteiger partial charge in [0.05, 0.1) is 5.92 Å². The van der Waals surface area contributed by atoms with Gasteiger partial charge in [-0.1, -0.05) is 18.2 Å². The second kappa shape index (κ2) is 5.45. The smallest absolute Gasteiger partial charge is 0.141 e. The molecule has 0 bridgehead atoms. The van der Waals surface area contributed by atoms with Crippen LogP contribution in [0.3, 0.4) is 0 Å². The first-order valence-corrected chi connectivity index (χ1v) is 7.65. The number of rotatable bonds is 3. The lowest BCUT2D eigenvalue weighted by molar-refractivity contribution is -0.121. The Bertz CT molecular complexity index is 438. The molecule has 0 saturated carbocycles.